The van der Waals surface area contributed by atoms with E-state index in [1.54, 1.807) is 36.3 Å². The smallest absolute Gasteiger partial charge is 0.256 e. The number of amides is 1. The molecular weight excluding hydrogens is 406 g/mol. The highest BCUT2D eigenvalue weighted by atomic mass is 32.2. The maximum atomic E-state index is 12.5. The van der Waals surface area contributed by atoms with Gasteiger partial charge >= 0.3 is 0 Å². The number of anilines is 1. The van der Waals surface area contributed by atoms with Crippen molar-refractivity contribution in [2.45, 2.75) is 18.6 Å². The molecule has 3 heterocycles. The molecule has 3 rings (SSSR count). The highest BCUT2D eigenvalue weighted by Gasteiger charge is 2.15. The second-order valence-corrected chi connectivity index (χ2v) is 6.90. The topological polar surface area (TPSA) is 116 Å². The average Bonchev–Trinajstić information content (AvgIpc) is 3.17. The molecule has 0 fully saturated rings. The van der Waals surface area contributed by atoms with Gasteiger partial charge in [-0.05, 0) is 25.3 Å². The summed E-state index contributed by atoms with van der Waals surface area (Å²) < 4.78 is 12.3. The number of hydrogen-bond acceptors (Lipinski definition) is 9. The molecule has 0 aliphatic heterocycles. The van der Waals surface area contributed by atoms with E-state index in [1.807, 2.05) is 13.2 Å². The van der Waals surface area contributed by atoms with Crippen molar-refractivity contribution in [3.05, 3.63) is 30.1 Å². The van der Waals surface area contributed by atoms with Crippen LogP contribution in [0.3, 0.4) is 0 Å². The van der Waals surface area contributed by atoms with Crippen molar-refractivity contribution < 1.29 is 14.3 Å². The van der Waals surface area contributed by atoms with Crippen LogP contribution in [0.25, 0.3) is 11.0 Å². The van der Waals surface area contributed by atoms with Crippen LogP contribution < -0.4 is 15.4 Å². The standard InChI is InChI=1S/C19H25N7O3S/c1-4-29-18-13(6-5-7-22-18)17(27)21-8-10-26-16-14(12-23-26)15(20-9-11-28-2)24-19(25-16)30-3/h5-7,12H,4,8-11H2,1-3H3,(H,21,27)(H,20,24,25). The van der Waals surface area contributed by atoms with E-state index >= 15 is 0 Å². The number of rotatable bonds is 11. The first-order valence-electron chi connectivity index (χ1n) is 9.54. The van der Waals surface area contributed by atoms with Crippen molar-refractivity contribution in [1.82, 2.24) is 30.0 Å². The van der Waals surface area contributed by atoms with Crippen LogP contribution in [0, 0.1) is 0 Å². The lowest BCUT2D eigenvalue weighted by Crippen LogP contribution is -2.28. The predicted octanol–water partition coefficient (Wildman–Crippen LogP) is 1.83. The van der Waals surface area contributed by atoms with Gasteiger partial charge in [0.15, 0.2) is 10.8 Å². The summed E-state index contributed by atoms with van der Waals surface area (Å²) in [5.41, 5.74) is 1.11. The van der Waals surface area contributed by atoms with Gasteiger partial charge < -0.3 is 20.1 Å². The van der Waals surface area contributed by atoms with Crippen LogP contribution in [0.4, 0.5) is 5.82 Å². The zero-order chi connectivity index (χ0) is 21.3. The van der Waals surface area contributed by atoms with Gasteiger partial charge in [-0.2, -0.15) is 5.10 Å². The van der Waals surface area contributed by atoms with E-state index in [1.165, 1.54) is 11.8 Å². The Hall–Kier alpha value is -2.92. The highest BCUT2D eigenvalue weighted by molar-refractivity contribution is 7.98. The largest absolute Gasteiger partial charge is 0.477 e. The van der Waals surface area contributed by atoms with Crippen LogP contribution in [0.1, 0.15) is 17.3 Å². The second-order valence-electron chi connectivity index (χ2n) is 6.13. The molecule has 11 heteroatoms. The minimum Gasteiger partial charge on any atom is -0.477 e. The molecule has 0 aromatic carbocycles. The summed E-state index contributed by atoms with van der Waals surface area (Å²) in [6.07, 6.45) is 5.24. The monoisotopic (exact) mass is 431 g/mol. The molecule has 30 heavy (non-hydrogen) atoms. The summed E-state index contributed by atoms with van der Waals surface area (Å²) >= 11 is 1.46. The van der Waals surface area contributed by atoms with Gasteiger partial charge in [0.1, 0.15) is 11.4 Å². The van der Waals surface area contributed by atoms with E-state index in [9.17, 15) is 4.79 Å². The number of methoxy groups -OCH3 is 1. The Kier molecular flexibility index (Phi) is 7.80. The summed E-state index contributed by atoms with van der Waals surface area (Å²) in [5, 5.41) is 12.0. The number of ether oxygens (including phenoxy) is 2. The Bertz CT molecular complexity index is 995. The van der Waals surface area contributed by atoms with Crippen LogP contribution in [-0.4, -0.2) is 70.3 Å². The van der Waals surface area contributed by atoms with Gasteiger partial charge in [-0.1, -0.05) is 11.8 Å². The fraction of sp³-hybridized carbons (Fsp3) is 0.421. The third-order valence-corrected chi connectivity index (χ3v) is 4.71. The number of nitrogens with one attached hydrogen (secondary N) is 2. The molecule has 0 radical (unpaired) electrons. The number of carbonyl (C=O) groups excluding carboxylic acids is 1. The molecule has 1 amide bonds. The summed E-state index contributed by atoms with van der Waals surface area (Å²) in [6, 6.07) is 3.39. The highest BCUT2D eigenvalue weighted by Crippen LogP contribution is 2.23. The molecule has 0 atom stereocenters. The number of thioether (sulfide) groups is 1. The first-order valence-corrected chi connectivity index (χ1v) is 10.8. The van der Waals surface area contributed by atoms with Crippen molar-refractivity contribution in [1.29, 1.82) is 0 Å². The minimum atomic E-state index is -0.246. The molecule has 160 valence electrons. The Morgan fingerprint density at radius 2 is 2.17 bits per heavy atom. The number of aromatic nitrogens is 5. The molecule has 0 unspecified atom stereocenters. The quantitative estimate of drug-likeness (QED) is 0.266. The molecule has 3 aromatic rings. The van der Waals surface area contributed by atoms with E-state index in [2.05, 4.69) is 30.7 Å². The van der Waals surface area contributed by atoms with Crippen molar-refractivity contribution in [2.24, 2.45) is 0 Å². The maximum absolute atomic E-state index is 12.5. The molecule has 10 nitrogen and oxygen atoms in total. The number of nitrogens with zero attached hydrogens (tertiary/aromatic N) is 5. The van der Waals surface area contributed by atoms with Gasteiger partial charge in [-0.25, -0.2) is 19.6 Å². The van der Waals surface area contributed by atoms with Crippen molar-refractivity contribution >= 4 is 34.5 Å². The molecule has 0 aliphatic carbocycles. The zero-order valence-corrected chi connectivity index (χ0v) is 18.0. The van der Waals surface area contributed by atoms with Crippen LogP contribution in [0.5, 0.6) is 5.88 Å². The van der Waals surface area contributed by atoms with E-state index in [-0.39, 0.29) is 5.91 Å². The van der Waals surface area contributed by atoms with Gasteiger partial charge in [-0.3, -0.25) is 4.79 Å². The zero-order valence-electron chi connectivity index (χ0n) is 17.2. The van der Waals surface area contributed by atoms with Crippen LogP contribution in [0.2, 0.25) is 0 Å². The Morgan fingerprint density at radius 1 is 1.30 bits per heavy atom. The van der Waals surface area contributed by atoms with Crippen LogP contribution in [0.15, 0.2) is 29.7 Å². The maximum Gasteiger partial charge on any atom is 0.256 e. The normalized spacial score (nSPS) is 10.9. The van der Waals surface area contributed by atoms with E-state index < -0.39 is 0 Å². The second kappa shape index (κ2) is 10.7. The number of hydrogen-bond donors (Lipinski definition) is 2. The Labute approximate surface area is 178 Å². The van der Waals surface area contributed by atoms with Gasteiger partial charge in [0, 0.05) is 26.4 Å². The SMILES string of the molecule is CCOc1ncccc1C(=O)NCCn1ncc2c(NCCOC)nc(SC)nc21. The molecule has 2 N–H and O–H groups in total. The third-order valence-electron chi connectivity index (χ3n) is 4.16. The Balaban J connectivity index is 1.70. The number of pyridine rings is 1. The van der Waals surface area contributed by atoms with Crippen molar-refractivity contribution in [3.8, 4) is 5.88 Å². The van der Waals surface area contributed by atoms with Gasteiger partial charge in [0.2, 0.25) is 5.88 Å². The van der Waals surface area contributed by atoms with Crippen LogP contribution in [-0.2, 0) is 11.3 Å². The van der Waals surface area contributed by atoms with E-state index in [0.29, 0.717) is 60.9 Å². The minimum absolute atomic E-state index is 0.246. The number of fused-ring (bicyclic) bond motifs is 1. The van der Waals surface area contributed by atoms with Gasteiger partial charge in [0.25, 0.3) is 5.91 Å². The van der Waals surface area contributed by atoms with E-state index in [0.717, 1.165) is 5.39 Å². The fourth-order valence-electron chi connectivity index (χ4n) is 2.78. The summed E-state index contributed by atoms with van der Waals surface area (Å²) in [6.45, 7) is 4.32. The molecule has 0 saturated carbocycles. The lowest BCUT2D eigenvalue weighted by molar-refractivity contribution is 0.0947. The molecular formula is C19H25N7O3S. The van der Waals surface area contributed by atoms with Gasteiger partial charge in [0.05, 0.1) is 31.3 Å². The third kappa shape index (κ3) is 5.16. The molecule has 0 bridgehead atoms. The summed E-state index contributed by atoms with van der Waals surface area (Å²) in [4.78, 5) is 25.7. The first-order chi connectivity index (χ1) is 14.7. The lowest BCUT2D eigenvalue weighted by Gasteiger charge is -2.10. The summed E-state index contributed by atoms with van der Waals surface area (Å²) in [7, 11) is 1.65. The van der Waals surface area contributed by atoms with Crippen molar-refractivity contribution in [3.63, 3.8) is 0 Å². The molecule has 3 aromatic heterocycles. The summed E-state index contributed by atoms with van der Waals surface area (Å²) in [5.74, 6) is 0.795. The lowest BCUT2D eigenvalue weighted by atomic mass is 10.2. The molecule has 0 aliphatic rings. The van der Waals surface area contributed by atoms with Gasteiger partial charge in [-0.15, -0.1) is 0 Å². The predicted molar refractivity (Wildman–Crippen MR) is 115 cm³/mol. The van der Waals surface area contributed by atoms with E-state index in [4.69, 9.17) is 9.47 Å². The number of carbonyl (C=O) groups is 1. The van der Waals surface area contributed by atoms with Crippen molar-refractivity contribution in [2.75, 3.05) is 45.0 Å². The molecule has 0 spiro atoms. The average molecular weight is 432 g/mol. The first kappa shape index (κ1) is 21.8. The Morgan fingerprint density at radius 3 is 2.93 bits per heavy atom. The fourth-order valence-corrected chi connectivity index (χ4v) is 3.14. The van der Waals surface area contributed by atoms with Crippen LogP contribution >= 0.6 is 11.8 Å². The molecule has 0 saturated heterocycles.